The molecular formula is C19H23N3O3S. The van der Waals surface area contributed by atoms with Crippen molar-refractivity contribution in [2.24, 2.45) is 5.73 Å². The van der Waals surface area contributed by atoms with Crippen LogP contribution in [0, 0.1) is 6.92 Å². The Bertz CT molecular complexity index is 912. The van der Waals surface area contributed by atoms with E-state index in [2.05, 4.69) is 16.6 Å². The van der Waals surface area contributed by atoms with Gasteiger partial charge in [-0.05, 0) is 35.3 Å². The summed E-state index contributed by atoms with van der Waals surface area (Å²) >= 11 is 0. The molecule has 0 aromatic heterocycles. The summed E-state index contributed by atoms with van der Waals surface area (Å²) in [5, 5.41) is 2.80. The van der Waals surface area contributed by atoms with E-state index in [0.29, 0.717) is 17.8 Å². The highest BCUT2D eigenvalue weighted by Gasteiger charge is 2.11. The van der Waals surface area contributed by atoms with Crippen LogP contribution in [0.1, 0.15) is 16.7 Å². The van der Waals surface area contributed by atoms with Gasteiger partial charge < -0.3 is 11.1 Å². The molecule has 0 fully saturated rings. The molecule has 6 nitrogen and oxygen atoms in total. The van der Waals surface area contributed by atoms with Crippen molar-refractivity contribution >= 4 is 27.7 Å². The Morgan fingerprint density at radius 2 is 2.12 bits per heavy atom. The summed E-state index contributed by atoms with van der Waals surface area (Å²) in [6, 6.07) is 3.44. The molecule has 0 saturated heterocycles. The van der Waals surface area contributed by atoms with E-state index in [0.717, 1.165) is 23.0 Å². The normalized spacial score (nSPS) is 16.6. The minimum absolute atomic E-state index is 0.174. The zero-order valence-electron chi connectivity index (χ0n) is 14.8. The third kappa shape index (κ3) is 5.44. The van der Waals surface area contributed by atoms with E-state index >= 15 is 0 Å². The van der Waals surface area contributed by atoms with Gasteiger partial charge in [-0.3, -0.25) is 9.52 Å². The lowest BCUT2D eigenvalue weighted by Crippen LogP contribution is -2.21. The van der Waals surface area contributed by atoms with Crippen molar-refractivity contribution in [3.63, 3.8) is 0 Å². The highest BCUT2D eigenvalue weighted by Crippen LogP contribution is 2.25. The molecule has 0 bridgehead atoms. The van der Waals surface area contributed by atoms with Gasteiger partial charge in [0.2, 0.25) is 15.9 Å². The quantitative estimate of drug-likeness (QED) is 0.636. The number of hydrogen-bond donors (Lipinski definition) is 3. The summed E-state index contributed by atoms with van der Waals surface area (Å²) in [4.78, 5) is 12.0. The van der Waals surface area contributed by atoms with Crippen molar-refractivity contribution in [2.75, 3.05) is 11.0 Å². The summed E-state index contributed by atoms with van der Waals surface area (Å²) in [6.07, 6.45) is 11.4. The molecule has 1 unspecified atom stereocenters. The van der Waals surface area contributed by atoms with Gasteiger partial charge in [-0.2, -0.15) is 0 Å². The average Bonchev–Trinajstić information content (AvgIpc) is 2.97. The van der Waals surface area contributed by atoms with E-state index in [-0.39, 0.29) is 11.9 Å². The predicted octanol–water partition coefficient (Wildman–Crippen LogP) is 2.01. The SMILES string of the molecule is C=Cc1cc(CNC(=O)/C=C/C2=CC=CC2N)cc(C)c1NS(C)(=O)=O. The Morgan fingerprint density at radius 1 is 1.38 bits per heavy atom. The number of amides is 1. The van der Waals surface area contributed by atoms with Crippen molar-refractivity contribution < 1.29 is 13.2 Å². The van der Waals surface area contributed by atoms with Crippen LogP contribution in [0.5, 0.6) is 0 Å². The Balaban J connectivity index is 2.05. The number of hydrogen-bond acceptors (Lipinski definition) is 4. The largest absolute Gasteiger partial charge is 0.348 e. The third-order valence-corrected chi connectivity index (χ3v) is 4.39. The number of sulfonamides is 1. The molecule has 0 spiro atoms. The molecule has 1 amide bonds. The molecule has 1 aliphatic rings. The lowest BCUT2D eigenvalue weighted by Gasteiger charge is -2.14. The maximum atomic E-state index is 12.0. The topological polar surface area (TPSA) is 101 Å². The minimum Gasteiger partial charge on any atom is -0.348 e. The van der Waals surface area contributed by atoms with Crippen molar-refractivity contribution in [3.8, 4) is 0 Å². The number of benzene rings is 1. The maximum absolute atomic E-state index is 12.0. The van der Waals surface area contributed by atoms with Gasteiger partial charge in [-0.1, -0.05) is 43.0 Å². The van der Waals surface area contributed by atoms with E-state index in [4.69, 9.17) is 5.73 Å². The summed E-state index contributed by atoms with van der Waals surface area (Å²) in [5.41, 5.74) is 9.46. The molecule has 0 radical (unpaired) electrons. The fourth-order valence-corrected chi connectivity index (χ4v) is 3.22. The van der Waals surface area contributed by atoms with Crippen LogP contribution in [-0.2, 0) is 21.4 Å². The number of aryl methyl sites for hydroxylation is 1. The van der Waals surface area contributed by atoms with Gasteiger partial charge in [0.05, 0.1) is 11.9 Å². The highest BCUT2D eigenvalue weighted by atomic mass is 32.2. The predicted molar refractivity (Wildman–Crippen MR) is 106 cm³/mol. The van der Waals surface area contributed by atoms with E-state index in [9.17, 15) is 13.2 Å². The van der Waals surface area contributed by atoms with Crippen LogP contribution in [0.2, 0.25) is 0 Å². The molecular weight excluding hydrogens is 350 g/mol. The fourth-order valence-electron chi connectivity index (χ4n) is 2.57. The molecule has 0 aliphatic heterocycles. The molecule has 1 aromatic rings. The highest BCUT2D eigenvalue weighted by molar-refractivity contribution is 7.92. The lowest BCUT2D eigenvalue weighted by atomic mass is 10.0. The second-order valence-electron chi connectivity index (χ2n) is 6.08. The van der Waals surface area contributed by atoms with Gasteiger partial charge >= 0.3 is 0 Å². The number of rotatable bonds is 7. The number of anilines is 1. The molecule has 0 saturated carbocycles. The first-order valence-corrected chi connectivity index (χ1v) is 9.92. The van der Waals surface area contributed by atoms with Gasteiger partial charge in [0.1, 0.15) is 0 Å². The number of nitrogens with one attached hydrogen (secondary N) is 2. The van der Waals surface area contributed by atoms with E-state index in [1.807, 2.05) is 24.3 Å². The third-order valence-electron chi connectivity index (χ3n) is 3.82. The van der Waals surface area contributed by atoms with Crippen LogP contribution in [0.25, 0.3) is 6.08 Å². The molecule has 138 valence electrons. The molecule has 4 N–H and O–H groups in total. The molecule has 1 aliphatic carbocycles. The second-order valence-corrected chi connectivity index (χ2v) is 7.83. The first kappa shape index (κ1) is 19.7. The Hall–Kier alpha value is -2.64. The zero-order chi connectivity index (χ0) is 19.3. The number of allylic oxidation sites excluding steroid dienone is 2. The van der Waals surface area contributed by atoms with E-state index < -0.39 is 10.0 Å². The fraction of sp³-hybridized carbons (Fsp3) is 0.211. The van der Waals surface area contributed by atoms with Crippen LogP contribution >= 0.6 is 0 Å². The van der Waals surface area contributed by atoms with Gasteiger partial charge in [0, 0.05) is 18.7 Å². The summed E-state index contributed by atoms with van der Waals surface area (Å²) in [5.74, 6) is -0.235. The van der Waals surface area contributed by atoms with Crippen LogP contribution in [-0.4, -0.2) is 26.6 Å². The Kier molecular flexibility index (Phi) is 6.18. The molecule has 0 heterocycles. The van der Waals surface area contributed by atoms with Crippen LogP contribution in [0.3, 0.4) is 0 Å². The van der Waals surface area contributed by atoms with Crippen molar-refractivity contribution in [2.45, 2.75) is 19.5 Å². The molecule has 1 atom stereocenters. The summed E-state index contributed by atoms with van der Waals surface area (Å²) in [7, 11) is -3.39. The van der Waals surface area contributed by atoms with Gasteiger partial charge in [0.25, 0.3) is 0 Å². The first-order valence-electron chi connectivity index (χ1n) is 8.03. The zero-order valence-corrected chi connectivity index (χ0v) is 15.6. The summed E-state index contributed by atoms with van der Waals surface area (Å²) < 4.78 is 25.5. The van der Waals surface area contributed by atoms with Crippen LogP contribution in [0.15, 0.2) is 54.7 Å². The van der Waals surface area contributed by atoms with Gasteiger partial charge in [-0.25, -0.2) is 8.42 Å². The Labute approximate surface area is 154 Å². The number of carbonyl (C=O) groups is 1. The molecule has 26 heavy (non-hydrogen) atoms. The van der Waals surface area contributed by atoms with Crippen LogP contribution in [0.4, 0.5) is 5.69 Å². The second kappa shape index (κ2) is 8.16. The molecule has 7 heteroatoms. The summed E-state index contributed by atoms with van der Waals surface area (Å²) in [6.45, 7) is 5.83. The monoisotopic (exact) mass is 373 g/mol. The van der Waals surface area contributed by atoms with Gasteiger partial charge in [-0.15, -0.1) is 0 Å². The lowest BCUT2D eigenvalue weighted by molar-refractivity contribution is -0.116. The minimum atomic E-state index is -3.39. The Morgan fingerprint density at radius 3 is 2.69 bits per heavy atom. The smallest absolute Gasteiger partial charge is 0.244 e. The average molecular weight is 373 g/mol. The molecule has 2 rings (SSSR count). The van der Waals surface area contributed by atoms with Crippen molar-refractivity contribution in [1.82, 2.24) is 5.32 Å². The number of nitrogens with two attached hydrogens (primary N) is 1. The number of carbonyl (C=O) groups excluding carboxylic acids is 1. The standard InChI is InChI=1S/C19H23N3O3S/c1-4-15-11-14(10-13(2)19(15)22-26(3,24)25)12-21-18(23)9-8-16-6-5-7-17(16)20/h4-11,17,22H,1,12,20H2,2-3H3,(H,21,23)/b9-8+. The van der Waals surface area contributed by atoms with Crippen molar-refractivity contribution in [1.29, 1.82) is 0 Å². The van der Waals surface area contributed by atoms with E-state index in [1.165, 1.54) is 6.08 Å². The molecule has 1 aromatic carbocycles. The maximum Gasteiger partial charge on any atom is 0.244 e. The van der Waals surface area contributed by atoms with Crippen molar-refractivity contribution in [3.05, 3.63) is 71.4 Å². The van der Waals surface area contributed by atoms with Gasteiger partial charge in [0.15, 0.2) is 0 Å². The van der Waals surface area contributed by atoms with Crippen LogP contribution < -0.4 is 15.8 Å². The first-order chi connectivity index (χ1) is 12.2. The van der Waals surface area contributed by atoms with E-state index in [1.54, 1.807) is 25.1 Å².